The molecule has 0 radical (unpaired) electrons. The first kappa shape index (κ1) is 22.6. The molecule has 1 N–H and O–H groups in total. The largest absolute Gasteiger partial charge is 0.388 e. The summed E-state index contributed by atoms with van der Waals surface area (Å²) in [5.41, 5.74) is 2.54. The summed E-state index contributed by atoms with van der Waals surface area (Å²) in [5, 5.41) is 10.9. The first-order chi connectivity index (χ1) is 15.7. The van der Waals surface area contributed by atoms with Crippen LogP contribution in [0.15, 0.2) is 42.6 Å². The number of carbonyl (C=O) groups is 1. The van der Waals surface area contributed by atoms with Crippen molar-refractivity contribution < 1.29 is 14.6 Å². The minimum absolute atomic E-state index is 0.0315. The topological polar surface area (TPSA) is 69.1 Å². The molecule has 0 spiro atoms. The number of anilines is 2. The number of fused-ring (bicyclic) bond motifs is 1. The lowest BCUT2D eigenvalue weighted by Crippen LogP contribution is -2.49. The van der Waals surface area contributed by atoms with E-state index in [1.807, 2.05) is 41.3 Å². The van der Waals surface area contributed by atoms with E-state index in [2.05, 4.69) is 14.8 Å². The number of aliphatic hydroxyl groups excluding tert-OH is 1. The molecule has 2 aliphatic rings. The average molecular weight is 439 g/mol. The summed E-state index contributed by atoms with van der Waals surface area (Å²) in [4.78, 5) is 24.1. The van der Waals surface area contributed by atoms with E-state index in [0.29, 0.717) is 25.3 Å². The van der Waals surface area contributed by atoms with Gasteiger partial charge in [-0.2, -0.15) is 0 Å². The van der Waals surface area contributed by atoms with Gasteiger partial charge in [0, 0.05) is 69.4 Å². The number of pyridine rings is 1. The fourth-order valence-electron chi connectivity index (χ4n) is 4.63. The van der Waals surface area contributed by atoms with Crippen LogP contribution < -0.4 is 9.80 Å². The van der Waals surface area contributed by atoms with Crippen LogP contribution in [0, 0.1) is 0 Å². The number of amides is 1. The molecule has 1 aromatic carbocycles. The van der Waals surface area contributed by atoms with Crippen LogP contribution in [-0.2, 0) is 4.74 Å². The van der Waals surface area contributed by atoms with Crippen LogP contribution in [0.25, 0.3) is 0 Å². The molecular weight excluding hydrogens is 404 g/mol. The normalized spacial score (nSPS) is 19.7. The van der Waals surface area contributed by atoms with Crippen molar-refractivity contribution in [3.8, 4) is 0 Å². The zero-order chi connectivity index (χ0) is 22.3. The lowest BCUT2D eigenvalue weighted by molar-refractivity contribution is 0.0746. The Morgan fingerprint density at radius 1 is 1.09 bits per heavy atom. The van der Waals surface area contributed by atoms with Crippen LogP contribution in [0.3, 0.4) is 0 Å². The molecule has 0 aliphatic carbocycles. The monoisotopic (exact) mass is 438 g/mol. The van der Waals surface area contributed by atoms with Gasteiger partial charge in [0.05, 0.1) is 12.7 Å². The third-order valence-electron chi connectivity index (χ3n) is 6.49. The van der Waals surface area contributed by atoms with Crippen molar-refractivity contribution >= 4 is 17.4 Å². The lowest BCUT2D eigenvalue weighted by atomic mass is 9.98. The summed E-state index contributed by atoms with van der Waals surface area (Å²) < 4.78 is 5.30. The number of ether oxygens (including phenoxy) is 1. The molecule has 0 saturated carbocycles. The maximum Gasteiger partial charge on any atom is 0.253 e. The number of hydrogen-bond acceptors (Lipinski definition) is 6. The Balaban J connectivity index is 1.50. The predicted molar refractivity (Wildman–Crippen MR) is 126 cm³/mol. The van der Waals surface area contributed by atoms with Crippen molar-refractivity contribution in [2.75, 3.05) is 62.8 Å². The van der Waals surface area contributed by atoms with Gasteiger partial charge >= 0.3 is 0 Å². The quantitative estimate of drug-likeness (QED) is 0.774. The van der Waals surface area contributed by atoms with Gasteiger partial charge in [-0.1, -0.05) is 18.9 Å². The second-order valence-corrected chi connectivity index (χ2v) is 8.59. The number of rotatable bonds is 5. The van der Waals surface area contributed by atoms with Gasteiger partial charge in [-0.25, -0.2) is 4.98 Å². The minimum atomic E-state index is -0.554. The lowest BCUT2D eigenvalue weighted by Gasteiger charge is -2.35. The highest BCUT2D eigenvalue weighted by molar-refractivity contribution is 5.95. The fourth-order valence-corrected chi connectivity index (χ4v) is 4.63. The maximum atomic E-state index is 13.3. The highest BCUT2D eigenvalue weighted by atomic mass is 16.5. The molecule has 1 aromatic heterocycles. The Morgan fingerprint density at radius 2 is 1.94 bits per heavy atom. The molecule has 1 atom stereocenters. The number of carbonyl (C=O) groups excluding carboxylic acids is 1. The van der Waals surface area contributed by atoms with Gasteiger partial charge in [-0.3, -0.25) is 4.79 Å². The number of hydrogen-bond donors (Lipinski definition) is 1. The molecule has 2 aliphatic heterocycles. The third kappa shape index (κ3) is 5.22. The molecule has 172 valence electrons. The van der Waals surface area contributed by atoms with Crippen LogP contribution in [0.5, 0.6) is 0 Å². The van der Waals surface area contributed by atoms with E-state index in [1.54, 1.807) is 13.3 Å². The van der Waals surface area contributed by atoms with Gasteiger partial charge in [-0.15, -0.1) is 0 Å². The number of aliphatic hydroxyl groups is 1. The van der Waals surface area contributed by atoms with Crippen LogP contribution >= 0.6 is 0 Å². The van der Waals surface area contributed by atoms with Gasteiger partial charge in [0.2, 0.25) is 0 Å². The Morgan fingerprint density at radius 3 is 2.69 bits per heavy atom. The second kappa shape index (κ2) is 10.8. The minimum Gasteiger partial charge on any atom is -0.388 e. The molecule has 3 heterocycles. The Bertz CT molecular complexity index is 884. The van der Waals surface area contributed by atoms with E-state index in [1.165, 1.54) is 0 Å². The molecule has 0 bridgehead atoms. The van der Waals surface area contributed by atoms with E-state index < -0.39 is 6.10 Å². The van der Waals surface area contributed by atoms with E-state index in [-0.39, 0.29) is 5.91 Å². The van der Waals surface area contributed by atoms with Gasteiger partial charge in [0.1, 0.15) is 5.82 Å². The Hall–Kier alpha value is -2.64. The van der Waals surface area contributed by atoms with E-state index >= 15 is 0 Å². The van der Waals surface area contributed by atoms with Crippen molar-refractivity contribution in [1.29, 1.82) is 0 Å². The second-order valence-electron chi connectivity index (χ2n) is 8.59. The molecule has 0 unspecified atom stereocenters. The highest BCUT2D eigenvalue weighted by Crippen LogP contribution is 2.33. The van der Waals surface area contributed by atoms with Gasteiger partial charge in [0.25, 0.3) is 5.91 Å². The van der Waals surface area contributed by atoms with E-state index in [0.717, 1.165) is 68.9 Å². The first-order valence-corrected chi connectivity index (χ1v) is 11.7. The van der Waals surface area contributed by atoms with Crippen LogP contribution in [-0.4, -0.2) is 73.9 Å². The molecule has 32 heavy (non-hydrogen) atoms. The molecule has 2 aromatic rings. The van der Waals surface area contributed by atoms with Crippen molar-refractivity contribution in [2.24, 2.45) is 0 Å². The Kier molecular flexibility index (Phi) is 7.60. The fraction of sp³-hybridized carbons (Fsp3) is 0.520. The summed E-state index contributed by atoms with van der Waals surface area (Å²) in [5.74, 6) is 0.986. The standard InChI is InChI=1S/C25H34N4O3/c1-32-18-17-27-12-6-2-3-7-23(30)21-19-20(9-10-22(21)27)25(31)29-15-13-28(14-16-29)24-8-4-5-11-26-24/h4-5,8-11,19,23,30H,2-3,6-7,12-18H2,1H3/t23-/m0/s1. The summed E-state index contributed by atoms with van der Waals surface area (Å²) >= 11 is 0. The summed E-state index contributed by atoms with van der Waals surface area (Å²) in [7, 11) is 1.71. The van der Waals surface area contributed by atoms with Gasteiger partial charge in [0.15, 0.2) is 0 Å². The number of methoxy groups -OCH3 is 1. The Labute approximate surface area is 190 Å². The summed E-state index contributed by atoms with van der Waals surface area (Å²) in [6, 6.07) is 11.7. The maximum absolute atomic E-state index is 13.3. The average Bonchev–Trinajstić information content (AvgIpc) is 2.92. The van der Waals surface area contributed by atoms with Crippen LogP contribution in [0.4, 0.5) is 11.5 Å². The number of piperazine rings is 1. The van der Waals surface area contributed by atoms with E-state index in [4.69, 9.17) is 4.74 Å². The summed E-state index contributed by atoms with van der Waals surface area (Å²) in [6.07, 6.45) is 5.16. The predicted octanol–water partition coefficient (Wildman–Crippen LogP) is 3.10. The van der Waals surface area contributed by atoms with Gasteiger partial charge in [-0.05, 0) is 43.2 Å². The highest BCUT2D eigenvalue weighted by Gasteiger charge is 2.25. The molecular formula is C25H34N4O3. The number of nitrogens with zero attached hydrogens (tertiary/aromatic N) is 4. The SMILES string of the molecule is COCCN1CCCCC[C@H](O)c2cc(C(=O)N3CCN(c4ccccn4)CC3)ccc21. The molecule has 4 rings (SSSR count). The van der Waals surface area contributed by atoms with Crippen molar-refractivity contribution in [1.82, 2.24) is 9.88 Å². The van der Waals surface area contributed by atoms with Gasteiger partial charge < -0.3 is 24.5 Å². The third-order valence-corrected chi connectivity index (χ3v) is 6.49. The molecule has 1 fully saturated rings. The van der Waals surface area contributed by atoms with Crippen molar-refractivity contribution in [2.45, 2.75) is 31.8 Å². The first-order valence-electron chi connectivity index (χ1n) is 11.7. The van der Waals surface area contributed by atoms with Crippen molar-refractivity contribution in [3.63, 3.8) is 0 Å². The van der Waals surface area contributed by atoms with Crippen molar-refractivity contribution in [3.05, 3.63) is 53.7 Å². The molecule has 7 nitrogen and oxygen atoms in total. The summed E-state index contributed by atoms with van der Waals surface area (Å²) in [6.45, 7) is 5.20. The van der Waals surface area contributed by atoms with Crippen LogP contribution in [0.1, 0.15) is 47.7 Å². The zero-order valence-corrected chi connectivity index (χ0v) is 18.9. The molecule has 1 amide bonds. The zero-order valence-electron chi connectivity index (χ0n) is 18.9. The molecule has 1 saturated heterocycles. The smallest absolute Gasteiger partial charge is 0.253 e. The number of benzene rings is 1. The number of aromatic nitrogens is 1. The van der Waals surface area contributed by atoms with Crippen LogP contribution in [0.2, 0.25) is 0 Å². The van der Waals surface area contributed by atoms with E-state index in [9.17, 15) is 9.90 Å². The molecule has 7 heteroatoms.